The smallest absolute Gasteiger partial charge is 0.132 e. The molecule has 1 aromatic heterocycles. The fraction of sp³-hybridized carbons (Fsp3) is 0.600. The molecule has 0 amide bonds. The minimum atomic E-state index is 0.231. The molecule has 0 aliphatic carbocycles. The highest BCUT2D eigenvalue weighted by atomic mass is 16.5. The van der Waals surface area contributed by atoms with Gasteiger partial charge < -0.3 is 15.4 Å². The first-order chi connectivity index (χ1) is 7.15. The Balaban J connectivity index is 2.71. The maximum absolute atomic E-state index is 5.04. The van der Waals surface area contributed by atoms with Gasteiger partial charge >= 0.3 is 0 Å². The Bertz CT molecular complexity index is 316. The highest BCUT2D eigenvalue weighted by Crippen LogP contribution is 2.11. The van der Waals surface area contributed by atoms with Crippen LogP contribution in [0.2, 0.25) is 0 Å². The summed E-state index contributed by atoms with van der Waals surface area (Å²) >= 11 is 0. The monoisotopic (exact) mass is 210 g/mol. The molecule has 0 spiro atoms. The van der Waals surface area contributed by atoms with E-state index in [2.05, 4.69) is 20.6 Å². The van der Waals surface area contributed by atoms with Crippen molar-refractivity contribution in [2.45, 2.75) is 19.9 Å². The average molecular weight is 210 g/mol. The molecule has 1 rings (SSSR count). The van der Waals surface area contributed by atoms with Crippen molar-refractivity contribution in [3.8, 4) is 0 Å². The van der Waals surface area contributed by atoms with Gasteiger partial charge in [-0.3, -0.25) is 0 Å². The summed E-state index contributed by atoms with van der Waals surface area (Å²) in [4.78, 5) is 8.50. The van der Waals surface area contributed by atoms with Crippen molar-refractivity contribution >= 4 is 11.6 Å². The maximum Gasteiger partial charge on any atom is 0.132 e. The van der Waals surface area contributed by atoms with Crippen molar-refractivity contribution < 1.29 is 4.74 Å². The van der Waals surface area contributed by atoms with E-state index in [1.54, 1.807) is 7.11 Å². The number of nitrogens with one attached hydrogen (secondary N) is 2. The fourth-order valence-corrected chi connectivity index (χ4v) is 1.31. The normalized spacial score (nSPS) is 12.3. The summed E-state index contributed by atoms with van der Waals surface area (Å²) < 4.78 is 5.04. The zero-order chi connectivity index (χ0) is 11.3. The molecule has 1 atom stereocenters. The third-order valence-electron chi connectivity index (χ3n) is 1.91. The van der Waals surface area contributed by atoms with Crippen LogP contribution >= 0.6 is 0 Å². The standard InChI is InChI=1S/C10H18N4O/c1-7(6-15-4)12-10-5-9(11-3)13-8(2)14-10/h5,7H,6H2,1-4H3,(H2,11,12,13,14). The summed E-state index contributed by atoms with van der Waals surface area (Å²) in [6.07, 6.45) is 0. The molecule has 1 heterocycles. The molecular weight excluding hydrogens is 192 g/mol. The first-order valence-corrected chi connectivity index (χ1v) is 4.94. The Morgan fingerprint density at radius 2 is 2.07 bits per heavy atom. The number of nitrogens with zero attached hydrogens (tertiary/aromatic N) is 2. The van der Waals surface area contributed by atoms with Crippen molar-refractivity contribution in [2.75, 3.05) is 31.4 Å². The Morgan fingerprint density at radius 3 is 2.67 bits per heavy atom. The molecule has 0 saturated heterocycles. The van der Waals surface area contributed by atoms with Crippen molar-refractivity contribution in [2.24, 2.45) is 0 Å². The van der Waals surface area contributed by atoms with Gasteiger partial charge in [0.1, 0.15) is 17.5 Å². The van der Waals surface area contributed by atoms with Gasteiger partial charge in [-0.1, -0.05) is 0 Å². The SMILES string of the molecule is CNc1cc(NC(C)COC)nc(C)n1. The van der Waals surface area contributed by atoms with E-state index < -0.39 is 0 Å². The highest BCUT2D eigenvalue weighted by molar-refractivity contribution is 5.47. The Kier molecular flexibility index (Phi) is 4.30. The van der Waals surface area contributed by atoms with Gasteiger partial charge in [-0.2, -0.15) is 0 Å². The summed E-state index contributed by atoms with van der Waals surface area (Å²) in [5.41, 5.74) is 0. The molecule has 0 radical (unpaired) electrons. The number of hydrogen-bond acceptors (Lipinski definition) is 5. The lowest BCUT2D eigenvalue weighted by atomic mass is 10.3. The van der Waals surface area contributed by atoms with Crippen LogP contribution in [0.1, 0.15) is 12.7 Å². The van der Waals surface area contributed by atoms with E-state index in [1.165, 1.54) is 0 Å². The van der Waals surface area contributed by atoms with Crippen LogP contribution in [-0.4, -0.2) is 36.8 Å². The van der Waals surface area contributed by atoms with E-state index in [1.807, 2.05) is 27.0 Å². The molecule has 0 saturated carbocycles. The first-order valence-electron chi connectivity index (χ1n) is 4.94. The average Bonchev–Trinajstić information content (AvgIpc) is 2.17. The van der Waals surface area contributed by atoms with Crippen LogP contribution in [0.4, 0.5) is 11.6 Å². The summed E-state index contributed by atoms with van der Waals surface area (Å²) in [5.74, 6) is 2.37. The summed E-state index contributed by atoms with van der Waals surface area (Å²) in [6.45, 7) is 4.56. The second kappa shape index (κ2) is 5.50. The fourth-order valence-electron chi connectivity index (χ4n) is 1.31. The highest BCUT2D eigenvalue weighted by Gasteiger charge is 2.04. The molecule has 0 aromatic carbocycles. The third kappa shape index (κ3) is 3.71. The number of aromatic nitrogens is 2. The second-order valence-corrected chi connectivity index (χ2v) is 3.44. The molecule has 84 valence electrons. The largest absolute Gasteiger partial charge is 0.383 e. The minimum absolute atomic E-state index is 0.231. The van der Waals surface area contributed by atoms with Crippen molar-refractivity contribution in [3.05, 3.63) is 11.9 Å². The lowest BCUT2D eigenvalue weighted by molar-refractivity contribution is 0.190. The molecule has 0 bridgehead atoms. The van der Waals surface area contributed by atoms with Crippen LogP contribution in [-0.2, 0) is 4.74 Å². The van der Waals surface area contributed by atoms with Crippen molar-refractivity contribution in [1.29, 1.82) is 0 Å². The number of hydrogen-bond donors (Lipinski definition) is 2. The molecule has 5 nitrogen and oxygen atoms in total. The lowest BCUT2D eigenvalue weighted by Crippen LogP contribution is -2.21. The number of rotatable bonds is 5. The summed E-state index contributed by atoms with van der Waals surface area (Å²) in [6, 6.07) is 2.10. The quantitative estimate of drug-likeness (QED) is 0.766. The first kappa shape index (κ1) is 11.7. The van der Waals surface area contributed by atoms with E-state index in [9.17, 15) is 0 Å². The van der Waals surface area contributed by atoms with Gasteiger partial charge in [-0.25, -0.2) is 9.97 Å². The predicted octanol–water partition coefficient (Wildman–Crippen LogP) is 1.27. The molecule has 5 heteroatoms. The number of ether oxygens (including phenoxy) is 1. The van der Waals surface area contributed by atoms with Crippen LogP contribution in [0.5, 0.6) is 0 Å². The maximum atomic E-state index is 5.04. The minimum Gasteiger partial charge on any atom is -0.383 e. The zero-order valence-electron chi connectivity index (χ0n) is 9.66. The Hall–Kier alpha value is -1.36. The van der Waals surface area contributed by atoms with Gasteiger partial charge in [0.15, 0.2) is 0 Å². The molecule has 0 aliphatic heterocycles. The van der Waals surface area contributed by atoms with E-state index in [0.717, 1.165) is 17.5 Å². The number of anilines is 2. The number of aryl methyl sites for hydroxylation is 1. The zero-order valence-corrected chi connectivity index (χ0v) is 9.66. The molecule has 0 fully saturated rings. The molecule has 15 heavy (non-hydrogen) atoms. The Morgan fingerprint density at radius 1 is 1.40 bits per heavy atom. The van der Waals surface area contributed by atoms with Gasteiger partial charge in [0.25, 0.3) is 0 Å². The van der Waals surface area contributed by atoms with Crippen LogP contribution in [0.3, 0.4) is 0 Å². The molecule has 1 unspecified atom stereocenters. The number of methoxy groups -OCH3 is 1. The van der Waals surface area contributed by atoms with E-state index >= 15 is 0 Å². The molecule has 1 aromatic rings. The van der Waals surface area contributed by atoms with Crippen molar-refractivity contribution in [3.63, 3.8) is 0 Å². The summed E-state index contributed by atoms with van der Waals surface area (Å²) in [5, 5.41) is 6.23. The van der Waals surface area contributed by atoms with Gasteiger partial charge in [0.2, 0.25) is 0 Å². The van der Waals surface area contributed by atoms with E-state index in [4.69, 9.17) is 4.74 Å². The van der Waals surface area contributed by atoms with E-state index in [-0.39, 0.29) is 6.04 Å². The molecule has 0 aliphatic rings. The Labute approximate surface area is 90.3 Å². The van der Waals surface area contributed by atoms with Gasteiger partial charge in [0, 0.05) is 26.3 Å². The van der Waals surface area contributed by atoms with Gasteiger partial charge in [0.05, 0.1) is 6.61 Å². The molecular formula is C10H18N4O. The predicted molar refractivity (Wildman–Crippen MR) is 61.3 cm³/mol. The second-order valence-electron chi connectivity index (χ2n) is 3.44. The van der Waals surface area contributed by atoms with Crippen molar-refractivity contribution in [1.82, 2.24) is 9.97 Å². The van der Waals surface area contributed by atoms with Gasteiger partial charge in [-0.15, -0.1) is 0 Å². The van der Waals surface area contributed by atoms with Crippen LogP contribution in [0, 0.1) is 6.92 Å². The summed E-state index contributed by atoms with van der Waals surface area (Å²) in [7, 11) is 3.52. The van der Waals surface area contributed by atoms with Gasteiger partial charge in [-0.05, 0) is 13.8 Å². The lowest BCUT2D eigenvalue weighted by Gasteiger charge is -2.14. The molecule has 2 N–H and O–H groups in total. The van der Waals surface area contributed by atoms with Crippen LogP contribution in [0.15, 0.2) is 6.07 Å². The van der Waals surface area contributed by atoms with Crippen LogP contribution < -0.4 is 10.6 Å². The third-order valence-corrected chi connectivity index (χ3v) is 1.91. The van der Waals surface area contributed by atoms with Crippen LogP contribution in [0.25, 0.3) is 0 Å². The topological polar surface area (TPSA) is 59.1 Å². The van der Waals surface area contributed by atoms with E-state index in [0.29, 0.717) is 6.61 Å².